The number of Topliss-reactive ketones (excluding diaryl/α,β-unsaturated/α-hetero) is 2. The molecule has 8 nitrogen and oxygen atoms in total. The molecule has 2 aromatic carbocycles. The minimum absolute atomic E-state index is 0.0236. The van der Waals surface area contributed by atoms with Crippen molar-refractivity contribution in [3.63, 3.8) is 0 Å². The molecule has 1 aliphatic heterocycles. The number of benzene rings is 2. The summed E-state index contributed by atoms with van der Waals surface area (Å²) in [5.41, 5.74) is 1.50. The van der Waals surface area contributed by atoms with Crippen LogP contribution in [0, 0.1) is 5.92 Å². The second-order valence-corrected chi connectivity index (χ2v) is 11.9. The van der Waals surface area contributed by atoms with Crippen LogP contribution in [-0.2, 0) is 32.5 Å². The predicted molar refractivity (Wildman–Crippen MR) is 147 cm³/mol. The van der Waals surface area contributed by atoms with Gasteiger partial charge in [0.1, 0.15) is 5.75 Å². The molecular formula is C28H26Cl2N2O6S. The lowest BCUT2D eigenvalue weighted by atomic mass is 9.93. The van der Waals surface area contributed by atoms with E-state index >= 15 is 0 Å². The Labute approximate surface area is 236 Å². The van der Waals surface area contributed by atoms with Gasteiger partial charge in [-0.1, -0.05) is 29.3 Å². The smallest absolute Gasteiger partial charge is 0.266 e. The lowest BCUT2D eigenvalue weighted by Crippen LogP contribution is -2.42. The molecule has 1 unspecified atom stereocenters. The van der Waals surface area contributed by atoms with Gasteiger partial charge in [0, 0.05) is 41.7 Å². The standard InChI is InChI=1S/C28H26Cl2N2O6S/c1-38-27-11-6-21(29)14-20(27)13-19-5-7-22(33)17-32(28(19)35)39(36,37)23-8-9-25(30)24(15-23)26(34)10-4-18-3-2-12-31-16-18/h2-3,6,8-9,11-12,14-16,19H,4-5,7,10,13,17H2,1H3. The van der Waals surface area contributed by atoms with Crippen molar-refractivity contribution in [2.45, 2.75) is 37.0 Å². The second-order valence-electron chi connectivity index (χ2n) is 9.21. The fraction of sp³-hybridized carbons (Fsp3) is 0.286. The van der Waals surface area contributed by atoms with Gasteiger partial charge in [-0.25, -0.2) is 12.7 Å². The van der Waals surface area contributed by atoms with Crippen LogP contribution in [0.1, 0.15) is 40.7 Å². The summed E-state index contributed by atoms with van der Waals surface area (Å²) in [6.45, 7) is -0.586. The lowest BCUT2D eigenvalue weighted by Gasteiger charge is -2.24. The zero-order chi connectivity index (χ0) is 28.2. The highest BCUT2D eigenvalue weighted by Crippen LogP contribution is 2.31. The van der Waals surface area contributed by atoms with Gasteiger partial charge >= 0.3 is 0 Å². The molecule has 0 bridgehead atoms. The molecule has 0 aliphatic carbocycles. The summed E-state index contributed by atoms with van der Waals surface area (Å²) in [6, 6.07) is 12.3. The van der Waals surface area contributed by atoms with E-state index in [1.54, 1.807) is 36.7 Å². The molecule has 1 saturated heterocycles. The predicted octanol–water partition coefficient (Wildman–Crippen LogP) is 4.95. The number of carbonyl (C=O) groups is 3. The molecule has 0 N–H and O–H groups in total. The number of amides is 1. The molecule has 1 amide bonds. The largest absolute Gasteiger partial charge is 0.496 e. The first-order valence-electron chi connectivity index (χ1n) is 12.2. The zero-order valence-corrected chi connectivity index (χ0v) is 23.4. The Balaban J connectivity index is 1.61. The van der Waals surface area contributed by atoms with E-state index in [0.29, 0.717) is 27.1 Å². The van der Waals surface area contributed by atoms with Crippen LogP contribution >= 0.6 is 23.2 Å². The third-order valence-electron chi connectivity index (χ3n) is 6.59. The number of rotatable bonds is 9. The van der Waals surface area contributed by atoms with E-state index in [1.165, 1.54) is 25.3 Å². The van der Waals surface area contributed by atoms with E-state index in [4.69, 9.17) is 27.9 Å². The third-order valence-corrected chi connectivity index (χ3v) is 8.89. The van der Waals surface area contributed by atoms with Crippen molar-refractivity contribution in [1.29, 1.82) is 0 Å². The number of aromatic nitrogens is 1. The lowest BCUT2D eigenvalue weighted by molar-refractivity contribution is -0.131. The average molecular weight is 589 g/mol. The summed E-state index contributed by atoms with van der Waals surface area (Å²) in [4.78, 5) is 42.8. The average Bonchev–Trinajstić information content (AvgIpc) is 3.06. The molecule has 39 heavy (non-hydrogen) atoms. The minimum Gasteiger partial charge on any atom is -0.496 e. The number of sulfonamides is 1. The van der Waals surface area contributed by atoms with Crippen molar-refractivity contribution in [3.8, 4) is 5.75 Å². The van der Waals surface area contributed by atoms with E-state index in [9.17, 15) is 22.8 Å². The molecule has 1 fully saturated rings. The van der Waals surface area contributed by atoms with Crippen molar-refractivity contribution in [1.82, 2.24) is 9.29 Å². The van der Waals surface area contributed by atoms with Crippen LogP contribution in [0.25, 0.3) is 0 Å². The van der Waals surface area contributed by atoms with E-state index < -0.39 is 28.4 Å². The zero-order valence-electron chi connectivity index (χ0n) is 21.1. The maximum atomic E-state index is 13.7. The molecular weight excluding hydrogens is 563 g/mol. The number of ether oxygens (including phenoxy) is 1. The summed E-state index contributed by atoms with van der Waals surface area (Å²) in [6.07, 6.45) is 4.12. The van der Waals surface area contributed by atoms with E-state index in [1.807, 2.05) is 6.07 Å². The van der Waals surface area contributed by atoms with Crippen LogP contribution in [0.2, 0.25) is 10.0 Å². The molecule has 4 rings (SSSR count). The normalized spacial score (nSPS) is 16.2. The van der Waals surface area contributed by atoms with Gasteiger partial charge in [-0.3, -0.25) is 19.4 Å². The monoisotopic (exact) mass is 588 g/mol. The van der Waals surface area contributed by atoms with Crippen LogP contribution in [0.15, 0.2) is 65.8 Å². The van der Waals surface area contributed by atoms with Gasteiger partial charge in [-0.15, -0.1) is 0 Å². The molecule has 0 spiro atoms. The Hall–Kier alpha value is -3.27. The SMILES string of the molecule is COc1ccc(Cl)cc1CC1CCC(=O)CN(S(=O)(=O)c2ccc(Cl)c(C(=O)CCc3cccnc3)c2)C1=O. The Morgan fingerprint density at radius 2 is 1.92 bits per heavy atom. The van der Waals surface area contributed by atoms with Gasteiger partial charge in [-0.2, -0.15) is 0 Å². The summed E-state index contributed by atoms with van der Waals surface area (Å²) in [5, 5.41) is 0.531. The summed E-state index contributed by atoms with van der Waals surface area (Å²) < 4.78 is 33.3. The maximum absolute atomic E-state index is 13.7. The topological polar surface area (TPSA) is 111 Å². The van der Waals surface area contributed by atoms with Crippen LogP contribution in [-0.4, -0.2) is 48.8 Å². The number of methoxy groups -OCH3 is 1. The fourth-order valence-corrected chi connectivity index (χ4v) is 6.37. The van der Waals surface area contributed by atoms with E-state index in [0.717, 1.165) is 5.56 Å². The van der Waals surface area contributed by atoms with E-state index in [-0.39, 0.29) is 52.7 Å². The molecule has 1 atom stereocenters. The number of halogens is 2. The van der Waals surface area contributed by atoms with Crippen molar-refractivity contribution in [2.75, 3.05) is 13.7 Å². The molecule has 0 radical (unpaired) electrons. The summed E-state index contributed by atoms with van der Waals surface area (Å²) in [5.74, 6) is -1.74. The Morgan fingerprint density at radius 3 is 2.64 bits per heavy atom. The second kappa shape index (κ2) is 12.3. The molecule has 1 aromatic heterocycles. The van der Waals surface area contributed by atoms with Crippen LogP contribution < -0.4 is 4.74 Å². The minimum atomic E-state index is -4.47. The van der Waals surface area contributed by atoms with Crippen molar-refractivity contribution < 1.29 is 27.5 Å². The first-order chi connectivity index (χ1) is 18.6. The summed E-state index contributed by atoms with van der Waals surface area (Å²) in [7, 11) is -2.99. The van der Waals surface area contributed by atoms with Gasteiger partial charge < -0.3 is 4.74 Å². The first kappa shape index (κ1) is 28.7. The highest BCUT2D eigenvalue weighted by molar-refractivity contribution is 7.89. The first-order valence-corrected chi connectivity index (χ1v) is 14.4. The van der Waals surface area contributed by atoms with Gasteiger partial charge in [0.25, 0.3) is 10.0 Å². The Kier molecular flexibility index (Phi) is 9.04. The van der Waals surface area contributed by atoms with Gasteiger partial charge in [0.15, 0.2) is 11.6 Å². The Morgan fingerprint density at radius 1 is 1.13 bits per heavy atom. The number of aryl methyl sites for hydroxylation is 1. The molecule has 3 aromatic rings. The number of hydrogen-bond acceptors (Lipinski definition) is 7. The van der Waals surface area contributed by atoms with Crippen molar-refractivity contribution >= 4 is 50.7 Å². The van der Waals surface area contributed by atoms with Crippen molar-refractivity contribution in [2.24, 2.45) is 5.92 Å². The van der Waals surface area contributed by atoms with Crippen LogP contribution in [0.4, 0.5) is 0 Å². The fourth-order valence-electron chi connectivity index (χ4n) is 4.49. The number of nitrogens with zero attached hydrogens (tertiary/aromatic N) is 2. The number of pyridine rings is 1. The molecule has 2 heterocycles. The molecule has 0 saturated carbocycles. The quantitative estimate of drug-likeness (QED) is 0.325. The number of hydrogen-bond donors (Lipinski definition) is 0. The number of carbonyl (C=O) groups excluding carboxylic acids is 3. The summed E-state index contributed by atoms with van der Waals surface area (Å²) >= 11 is 12.4. The van der Waals surface area contributed by atoms with E-state index in [2.05, 4.69) is 4.98 Å². The van der Waals surface area contributed by atoms with Gasteiger partial charge in [0.2, 0.25) is 5.91 Å². The molecule has 11 heteroatoms. The Bertz CT molecular complexity index is 1510. The highest BCUT2D eigenvalue weighted by atomic mass is 35.5. The highest BCUT2D eigenvalue weighted by Gasteiger charge is 2.38. The van der Waals surface area contributed by atoms with Crippen LogP contribution in [0.3, 0.4) is 0 Å². The molecule has 204 valence electrons. The van der Waals surface area contributed by atoms with Gasteiger partial charge in [0.05, 0.1) is 23.6 Å². The van der Waals surface area contributed by atoms with Crippen LogP contribution in [0.5, 0.6) is 5.75 Å². The third kappa shape index (κ3) is 6.66. The molecule has 1 aliphatic rings. The van der Waals surface area contributed by atoms with Crippen molar-refractivity contribution in [3.05, 3.63) is 87.7 Å². The van der Waals surface area contributed by atoms with Gasteiger partial charge in [-0.05, 0) is 72.9 Å². The number of ketones is 2. The maximum Gasteiger partial charge on any atom is 0.266 e.